The summed E-state index contributed by atoms with van der Waals surface area (Å²) >= 11 is 0. The molecule has 0 saturated carbocycles. The average molecular weight is 466 g/mol. The number of nitriles is 1. The maximum absolute atomic E-state index is 12.7. The van der Waals surface area contributed by atoms with Crippen LogP contribution in [0.1, 0.15) is 37.7 Å². The molecule has 0 aliphatic carbocycles. The number of methoxy groups -OCH3 is 1. The van der Waals surface area contributed by atoms with E-state index in [0.29, 0.717) is 31.2 Å². The van der Waals surface area contributed by atoms with Gasteiger partial charge in [0, 0.05) is 38.2 Å². The number of nitrogens with zero attached hydrogens (tertiary/aromatic N) is 2. The van der Waals surface area contributed by atoms with Crippen LogP contribution in [0, 0.1) is 11.3 Å². The Bertz CT molecular complexity index is 984. The predicted molar refractivity (Wildman–Crippen MR) is 128 cm³/mol. The molecule has 1 unspecified atom stereocenters. The number of nitrogens with one attached hydrogen (secondary N) is 1. The molecule has 1 saturated heterocycles. The van der Waals surface area contributed by atoms with E-state index >= 15 is 0 Å². The molecule has 3 rings (SSSR count). The van der Waals surface area contributed by atoms with Crippen LogP contribution in [0.5, 0.6) is 11.5 Å². The highest BCUT2D eigenvalue weighted by Crippen LogP contribution is 2.29. The zero-order valence-corrected chi connectivity index (χ0v) is 19.5. The third-order valence-electron chi connectivity index (χ3n) is 5.55. The zero-order chi connectivity index (χ0) is 24.2. The molecule has 2 aromatic carbocycles. The highest BCUT2D eigenvalue weighted by molar-refractivity contribution is 5.95. The summed E-state index contributed by atoms with van der Waals surface area (Å²) in [4.78, 5) is 26.6. The van der Waals surface area contributed by atoms with E-state index in [9.17, 15) is 9.59 Å². The molecule has 0 aromatic heterocycles. The molecule has 8 heteroatoms. The lowest BCUT2D eigenvalue weighted by atomic mass is 10.2. The molecule has 0 bridgehead atoms. The van der Waals surface area contributed by atoms with Gasteiger partial charge in [0.25, 0.3) is 0 Å². The van der Waals surface area contributed by atoms with Gasteiger partial charge in [-0.3, -0.25) is 9.59 Å². The molecular formula is C26H31N3O5. The van der Waals surface area contributed by atoms with Gasteiger partial charge in [0.2, 0.25) is 11.8 Å². The monoisotopic (exact) mass is 465 g/mol. The van der Waals surface area contributed by atoms with Crippen molar-refractivity contribution in [1.29, 1.82) is 5.26 Å². The lowest BCUT2D eigenvalue weighted by Gasteiger charge is -2.21. The molecule has 34 heavy (non-hydrogen) atoms. The first-order valence-corrected chi connectivity index (χ1v) is 11.5. The maximum Gasteiger partial charge on any atom is 0.227 e. The molecule has 0 radical (unpaired) electrons. The third-order valence-corrected chi connectivity index (χ3v) is 5.55. The van der Waals surface area contributed by atoms with Crippen molar-refractivity contribution >= 4 is 17.5 Å². The summed E-state index contributed by atoms with van der Waals surface area (Å²) in [5.41, 5.74) is 1.58. The number of hydrogen-bond donors (Lipinski definition) is 1. The molecule has 1 aliphatic heterocycles. The second-order valence-corrected chi connectivity index (χ2v) is 8.00. The van der Waals surface area contributed by atoms with Crippen molar-refractivity contribution in [2.45, 2.75) is 44.8 Å². The summed E-state index contributed by atoms with van der Waals surface area (Å²) in [6.45, 7) is 1.86. The van der Waals surface area contributed by atoms with Crippen LogP contribution in [-0.4, -0.2) is 44.8 Å². The number of para-hydroxylation sites is 1. The zero-order valence-electron chi connectivity index (χ0n) is 19.5. The van der Waals surface area contributed by atoms with Crippen LogP contribution in [0.4, 0.5) is 5.69 Å². The van der Waals surface area contributed by atoms with E-state index in [0.717, 1.165) is 30.7 Å². The van der Waals surface area contributed by atoms with Gasteiger partial charge in [-0.15, -0.1) is 0 Å². The predicted octanol–water partition coefficient (Wildman–Crippen LogP) is 3.60. The summed E-state index contributed by atoms with van der Waals surface area (Å²) in [7, 11) is 1.58. The van der Waals surface area contributed by atoms with Gasteiger partial charge in [-0.2, -0.15) is 5.26 Å². The van der Waals surface area contributed by atoms with Crippen LogP contribution in [-0.2, 0) is 20.9 Å². The van der Waals surface area contributed by atoms with E-state index in [4.69, 9.17) is 19.5 Å². The van der Waals surface area contributed by atoms with Gasteiger partial charge < -0.3 is 24.4 Å². The van der Waals surface area contributed by atoms with E-state index in [1.807, 2.05) is 48.5 Å². The Labute approximate surface area is 200 Å². The number of carbonyl (C=O) groups is 2. The second-order valence-electron chi connectivity index (χ2n) is 8.00. The van der Waals surface area contributed by atoms with Crippen LogP contribution >= 0.6 is 0 Å². The van der Waals surface area contributed by atoms with Crippen molar-refractivity contribution < 1.29 is 23.8 Å². The van der Waals surface area contributed by atoms with Gasteiger partial charge in [-0.25, -0.2) is 0 Å². The molecule has 1 atom stereocenters. The molecule has 1 N–H and O–H groups in total. The van der Waals surface area contributed by atoms with E-state index in [1.54, 1.807) is 12.0 Å². The largest absolute Gasteiger partial charge is 0.493 e. The molecule has 1 aliphatic rings. The average Bonchev–Trinajstić information content (AvgIpc) is 3.39. The van der Waals surface area contributed by atoms with Crippen molar-refractivity contribution in [3.05, 3.63) is 54.1 Å². The lowest BCUT2D eigenvalue weighted by molar-refractivity contribution is -0.125. The number of rotatable bonds is 12. The number of amides is 2. The summed E-state index contributed by atoms with van der Waals surface area (Å²) < 4.78 is 16.9. The summed E-state index contributed by atoms with van der Waals surface area (Å²) in [5, 5.41) is 11.7. The van der Waals surface area contributed by atoms with Crippen LogP contribution in [0.25, 0.3) is 0 Å². The Kier molecular flexibility index (Phi) is 9.74. The first kappa shape index (κ1) is 25.1. The Morgan fingerprint density at radius 1 is 1.18 bits per heavy atom. The normalized spacial score (nSPS) is 14.8. The summed E-state index contributed by atoms with van der Waals surface area (Å²) in [6, 6.07) is 16.8. The molecule has 180 valence electrons. The SMILES string of the molecule is COc1cc(CNC(=O)CCC(=O)N(CCC#N)c2ccccc2)ccc1OCC1CCCO1. The number of hydrogen-bond acceptors (Lipinski definition) is 6. The molecular weight excluding hydrogens is 434 g/mol. The smallest absolute Gasteiger partial charge is 0.227 e. The Hall–Kier alpha value is -3.57. The van der Waals surface area contributed by atoms with Crippen LogP contribution < -0.4 is 19.7 Å². The molecule has 8 nitrogen and oxygen atoms in total. The fourth-order valence-corrected chi connectivity index (χ4v) is 3.71. The van der Waals surface area contributed by atoms with E-state index < -0.39 is 0 Å². The number of benzene rings is 2. The van der Waals surface area contributed by atoms with Gasteiger partial charge in [-0.05, 0) is 42.7 Å². The third kappa shape index (κ3) is 7.49. The molecule has 1 fully saturated rings. The van der Waals surface area contributed by atoms with Crippen LogP contribution in [0.2, 0.25) is 0 Å². The first-order valence-electron chi connectivity index (χ1n) is 11.5. The molecule has 2 aromatic rings. The highest BCUT2D eigenvalue weighted by atomic mass is 16.5. The van der Waals surface area contributed by atoms with Gasteiger partial charge in [0.1, 0.15) is 6.61 Å². The van der Waals surface area contributed by atoms with Gasteiger partial charge in [-0.1, -0.05) is 24.3 Å². The van der Waals surface area contributed by atoms with Crippen LogP contribution in [0.15, 0.2) is 48.5 Å². The molecule has 1 heterocycles. The van der Waals surface area contributed by atoms with Crippen molar-refractivity contribution in [2.75, 3.05) is 31.8 Å². The quantitative estimate of drug-likeness (QED) is 0.514. The highest BCUT2D eigenvalue weighted by Gasteiger charge is 2.18. The number of carbonyl (C=O) groups excluding carboxylic acids is 2. The van der Waals surface area contributed by atoms with Crippen LogP contribution in [0.3, 0.4) is 0 Å². The first-order chi connectivity index (χ1) is 16.6. The van der Waals surface area contributed by atoms with Gasteiger partial charge in [0.15, 0.2) is 11.5 Å². The Morgan fingerprint density at radius 3 is 2.71 bits per heavy atom. The maximum atomic E-state index is 12.7. The van der Waals surface area contributed by atoms with E-state index in [2.05, 4.69) is 11.4 Å². The fraction of sp³-hybridized carbons (Fsp3) is 0.423. The van der Waals surface area contributed by atoms with Gasteiger partial charge >= 0.3 is 0 Å². The minimum atomic E-state index is -0.223. The second kappa shape index (κ2) is 13.2. The van der Waals surface area contributed by atoms with Crippen molar-refractivity contribution in [3.63, 3.8) is 0 Å². The Morgan fingerprint density at radius 2 is 2.00 bits per heavy atom. The summed E-state index contributed by atoms with van der Waals surface area (Å²) in [6.07, 6.45) is 2.52. The van der Waals surface area contributed by atoms with Crippen molar-refractivity contribution in [2.24, 2.45) is 0 Å². The summed E-state index contributed by atoms with van der Waals surface area (Å²) in [5.74, 6) is 0.818. The lowest BCUT2D eigenvalue weighted by Crippen LogP contribution is -2.33. The molecule has 0 spiro atoms. The van der Waals surface area contributed by atoms with Crippen molar-refractivity contribution in [3.8, 4) is 17.6 Å². The van der Waals surface area contributed by atoms with E-state index in [-0.39, 0.29) is 37.2 Å². The Balaban J connectivity index is 1.48. The van der Waals surface area contributed by atoms with Gasteiger partial charge in [0.05, 0.1) is 25.7 Å². The number of ether oxygens (including phenoxy) is 3. The minimum Gasteiger partial charge on any atom is -0.493 e. The fourth-order valence-electron chi connectivity index (χ4n) is 3.71. The molecule has 2 amide bonds. The van der Waals surface area contributed by atoms with Crippen molar-refractivity contribution in [1.82, 2.24) is 5.32 Å². The standard InChI is InChI=1S/C26H31N3O5/c1-32-24-17-20(10-11-23(24)34-19-22-9-5-16-33-22)18-28-25(30)12-13-26(31)29(15-6-14-27)21-7-3-2-4-8-21/h2-4,7-8,10-11,17,22H,5-6,9,12-13,15-16,18-19H2,1H3,(H,28,30). The topological polar surface area (TPSA) is 101 Å². The minimum absolute atomic E-state index is 0.0610. The van der Waals surface area contributed by atoms with E-state index in [1.165, 1.54) is 0 Å². The number of anilines is 1.